The average Bonchev–Trinajstić information content (AvgIpc) is 1.85. The van der Waals surface area contributed by atoms with E-state index in [1.54, 1.807) is 0 Å². The SMILES string of the molecule is Cl.N[C@@H](CS)C(=O)O.O.O=S(O)O.[NaH]. The molecular formula is C3H13ClNNaO6S2. The Kier molecular flexibility index (Phi) is 41.3. The molecule has 11 heteroatoms. The molecule has 86 valence electrons. The predicted octanol–water partition coefficient (Wildman–Crippen LogP) is -2.04. The van der Waals surface area contributed by atoms with Gasteiger partial charge < -0.3 is 16.3 Å². The van der Waals surface area contributed by atoms with E-state index >= 15 is 0 Å². The normalized spacial score (nSPS) is 9.21. The Bertz CT molecular complexity index is 147. The molecular weight excluding hydrogens is 269 g/mol. The van der Waals surface area contributed by atoms with Gasteiger partial charge in [-0.05, 0) is 0 Å². The topological polar surface area (TPSA) is 152 Å². The van der Waals surface area contributed by atoms with Gasteiger partial charge in [0.1, 0.15) is 6.04 Å². The van der Waals surface area contributed by atoms with Crippen LogP contribution in [0.25, 0.3) is 0 Å². The van der Waals surface area contributed by atoms with E-state index in [1.807, 2.05) is 0 Å². The molecule has 0 aliphatic rings. The molecule has 0 aliphatic heterocycles. The fraction of sp³-hybridized carbons (Fsp3) is 0.667. The first-order valence-electron chi connectivity index (χ1n) is 2.31. The molecule has 0 aromatic heterocycles. The number of rotatable bonds is 2. The number of hydrogen-bond acceptors (Lipinski definition) is 4. The van der Waals surface area contributed by atoms with E-state index in [1.165, 1.54) is 0 Å². The molecule has 0 bridgehead atoms. The molecule has 0 aromatic carbocycles. The second-order valence-corrected chi connectivity index (χ2v) is 2.18. The van der Waals surface area contributed by atoms with Crippen LogP contribution < -0.4 is 5.73 Å². The molecule has 0 radical (unpaired) electrons. The maximum atomic E-state index is 9.76. The van der Waals surface area contributed by atoms with Crippen LogP contribution in [0.4, 0.5) is 0 Å². The number of nitrogens with two attached hydrogens (primary N) is 1. The van der Waals surface area contributed by atoms with Gasteiger partial charge in [0.25, 0.3) is 11.4 Å². The van der Waals surface area contributed by atoms with E-state index in [4.69, 9.17) is 24.2 Å². The summed E-state index contributed by atoms with van der Waals surface area (Å²) in [5.74, 6) is -0.815. The molecule has 0 unspecified atom stereocenters. The third-order valence-electron chi connectivity index (χ3n) is 0.514. The van der Waals surface area contributed by atoms with E-state index in [0.29, 0.717) is 0 Å². The second kappa shape index (κ2) is 19.6. The number of carboxylic acid groups (broad SMARTS) is 1. The fourth-order valence-electron chi connectivity index (χ4n) is 0.0781. The zero-order valence-corrected chi connectivity index (χ0v) is 8.81. The molecule has 0 saturated heterocycles. The van der Waals surface area contributed by atoms with Crippen molar-refractivity contribution in [2.45, 2.75) is 6.04 Å². The van der Waals surface area contributed by atoms with Gasteiger partial charge in [0.2, 0.25) is 0 Å². The Morgan fingerprint density at radius 1 is 1.50 bits per heavy atom. The van der Waals surface area contributed by atoms with E-state index in [-0.39, 0.29) is 53.2 Å². The van der Waals surface area contributed by atoms with Crippen molar-refractivity contribution in [3.63, 3.8) is 0 Å². The molecule has 0 fully saturated rings. The van der Waals surface area contributed by atoms with Crippen molar-refractivity contribution in [1.82, 2.24) is 0 Å². The molecule has 0 aromatic rings. The van der Waals surface area contributed by atoms with Crippen molar-refractivity contribution >= 4 is 71.9 Å². The van der Waals surface area contributed by atoms with Gasteiger partial charge in [-0.1, -0.05) is 0 Å². The van der Waals surface area contributed by atoms with E-state index in [2.05, 4.69) is 12.6 Å². The van der Waals surface area contributed by atoms with Gasteiger partial charge in [0.05, 0.1) is 0 Å². The van der Waals surface area contributed by atoms with E-state index < -0.39 is 23.4 Å². The summed E-state index contributed by atoms with van der Waals surface area (Å²) in [6, 6.07) is -0.816. The number of carbonyl (C=O) groups is 1. The molecule has 0 amide bonds. The van der Waals surface area contributed by atoms with Crippen molar-refractivity contribution in [1.29, 1.82) is 0 Å². The molecule has 0 aliphatic carbocycles. The molecule has 0 saturated carbocycles. The van der Waals surface area contributed by atoms with Crippen LogP contribution in [0.5, 0.6) is 0 Å². The van der Waals surface area contributed by atoms with Crippen LogP contribution in [-0.4, -0.2) is 71.2 Å². The Morgan fingerprint density at radius 3 is 1.71 bits per heavy atom. The fourth-order valence-corrected chi connectivity index (χ4v) is 0.234. The van der Waals surface area contributed by atoms with Gasteiger partial charge in [-0.3, -0.25) is 13.9 Å². The maximum absolute atomic E-state index is 9.76. The van der Waals surface area contributed by atoms with Gasteiger partial charge in [0, 0.05) is 5.75 Å². The number of carboxylic acids is 1. The standard InChI is InChI=1S/C3H7NO2S.ClH.Na.H2O3S.H2O.H/c4-2(1-7)3(5)6;;;1-4(2)3;;/h2,7H,1,4H2,(H,5,6);1H;;(H2,1,2,3);1H2;/t2-;;;;;/m0...../s1. The van der Waals surface area contributed by atoms with Gasteiger partial charge in [-0.25, -0.2) is 0 Å². The van der Waals surface area contributed by atoms with Gasteiger partial charge in [-0.15, -0.1) is 12.4 Å². The van der Waals surface area contributed by atoms with Crippen LogP contribution >= 0.6 is 25.0 Å². The zero-order valence-electron chi connectivity index (χ0n) is 6.28. The van der Waals surface area contributed by atoms with Crippen molar-refractivity contribution in [3.05, 3.63) is 0 Å². The quantitative estimate of drug-likeness (QED) is 0.223. The van der Waals surface area contributed by atoms with Crippen LogP contribution in [0.1, 0.15) is 0 Å². The van der Waals surface area contributed by atoms with Crippen molar-refractivity contribution in [2.75, 3.05) is 5.75 Å². The summed E-state index contributed by atoms with van der Waals surface area (Å²) >= 11 is 1.04. The zero-order chi connectivity index (χ0) is 9.44. The summed E-state index contributed by atoms with van der Waals surface area (Å²) in [7, 11) is 0. The van der Waals surface area contributed by atoms with Gasteiger partial charge in [0.15, 0.2) is 0 Å². The van der Waals surface area contributed by atoms with Crippen LogP contribution in [-0.2, 0) is 16.2 Å². The van der Waals surface area contributed by atoms with Crippen molar-refractivity contribution in [2.24, 2.45) is 5.73 Å². The summed E-state index contributed by atoms with van der Waals surface area (Å²) in [6.07, 6.45) is 0. The summed E-state index contributed by atoms with van der Waals surface area (Å²) < 4.78 is 22.8. The van der Waals surface area contributed by atoms with Crippen LogP contribution in [0.3, 0.4) is 0 Å². The van der Waals surface area contributed by atoms with Gasteiger partial charge in [-0.2, -0.15) is 16.8 Å². The third kappa shape index (κ3) is 38.0. The first-order chi connectivity index (χ1) is 4.91. The number of halogens is 1. The number of aliphatic carboxylic acids is 1. The number of hydrogen-bond donors (Lipinski definition) is 5. The minimum atomic E-state index is -2.61. The molecule has 0 rings (SSSR count). The first kappa shape index (κ1) is 29.4. The van der Waals surface area contributed by atoms with Crippen LogP contribution in [0.15, 0.2) is 0 Å². The molecule has 7 nitrogen and oxygen atoms in total. The first-order valence-corrected chi connectivity index (χ1v) is 4.00. The van der Waals surface area contributed by atoms with E-state index in [0.717, 1.165) is 0 Å². The molecule has 0 spiro atoms. The Hall–Kier alpha value is 1.10. The Morgan fingerprint density at radius 2 is 1.71 bits per heavy atom. The Balaban J connectivity index is -0.0000000347. The van der Waals surface area contributed by atoms with Crippen molar-refractivity contribution < 1.29 is 28.7 Å². The summed E-state index contributed by atoms with van der Waals surface area (Å²) in [5, 5.41) is 8.01. The molecule has 14 heavy (non-hydrogen) atoms. The average molecular weight is 282 g/mol. The molecule has 7 N–H and O–H groups in total. The molecule has 0 heterocycles. The Labute approximate surface area is 117 Å². The van der Waals surface area contributed by atoms with Crippen molar-refractivity contribution in [3.8, 4) is 0 Å². The number of thiol groups is 1. The minimum absolute atomic E-state index is 0. The third-order valence-corrected chi connectivity index (χ3v) is 0.907. The predicted molar refractivity (Wildman–Crippen MR) is 60.9 cm³/mol. The van der Waals surface area contributed by atoms with Crippen LogP contribution in [0.2, 0.25) is 0 Å². The van der Waals surface area contributed by atoms with Crippen LogP contribution in [0, 0.1) is 0 Å². The summed E-state index contributed by atoms with van der Waals surface area (Å²) in [6.45, 7) is 0. The van der Waals surface area contributed by atoms with Gasteiger partial charge >= 0.3 is 35.5 Å². The molecule has 1 atom stereocenters. The summed E-state index contributed by atoms with van der Waals surface area (Å²) in [5.41, 5.74) is 4.94. The summed E-state index contributed by atoms with van der Waals surface area (Å²) in [4.78, 5) is 9.76. The monoisotopic (exact) mass is 281 g/mol. The second-order valence-electron chi connectivity index (χ2n) is 1.36. The van der Waals surface area contributed by atoms with E-state index in [9.17, 15) is 4.79 Å².